The monoisotopic (exact) mass is 386 g/mol. The number of phenols is 2. The van der Waals surface area contributed by atoms with Crippen LogP contribution in [0.4, 0.5) is 26.3 Å². The van der Waals surface area contributed by atoms with Gasteiger partial charge in [0.05, 0.1) is 20.9 Å². The van der Waals surface area contributed by atoms with Crippen LogP contribution in [0, 0.1) is 0 Å². The van der Waals surface area contributed by atoms with Gasteiger partial charge in [-0.05, 0) is 36.4 Å². The lowest BCUT2D eigenvalue weighted by atomic mass is 10.2. The van der Waals surface area contributed by atoms with Crippen molar-refractivity contribution in [3.63, 3.8) is 0 Å². The zero-order valence-corrected chi connectivity index (χ0v) is 12.7. The van der Waals surface area contributed by atoms with Crippen LogP contribution in [0.5, 0.6) is 11.5 Å². The van der Waals surface area contributed by atoms with Crippen molar-refractivity contribution in [1.82, 2.24) is 0 Å². The molecule has 25 heavy (non-hydrogen) atoms. The second kappa shape index (κ2) is 5.83. The Morgan fingerprint density at radius 2 is 1.00 bits per heavy atom. The van der Waals surface area contributed by atoms with Crippen LogP contribution in [0.1, 0.15) is 11.1 Å². The minimum atomic E-state index is -5.26. The Labute approximate surface area is 136 Å². The number of hydrogen-bond donors (Lipinski definition) is 2. The maximum Gasteiger partial charge on any atom is 0.417 e. The van der Waals surface area contributed by atoms with Crippen molar-refractivity contribution in [2.24, 2.45) is 0 Å². The van der Waals surface area contributed by atoms with Gasteiger partial charge in [0.1, 0.15) is 11.5 Å². The van der Waals surface area contributed by atoms with Crippen LogP contribution >= 0.6 is 0 Å². The SMILES string of the molecule is O=S(=O)(c1ccc(O)cc1C(F)(F)F)c1ccc(O)cc1C(F)(F)F. The van der Waals surface area contributed by atoms with Crippen molar-refractivity contribution >= 4 is 9.84 Å². The van der Waals surface area contributed by atoms with Crippen LogP contribution in [0.25, 0.3) is 0 Å². The van der Waals surface area contributed by atoms with E-state index >= 15 is 0 Å². The van der Waals surface area contributed by atoms with Crippen LogP contribution in [-0.4, -0.2) is 18.6 Å². The maximum atomic E-state index is 13.0. The highest BCUT2D eigenvalue weighted by Gasteiger charge is 2.42. The van der Waals surface area contributed by atoms with E-state index in [1.54, 1.807) is 0 Å². The third-order valence-electron chi connectivity index (χ3n) is 3.12. The highest BCUT2D eigenvalue weighted by Crippen LogP contribution is 2.42. The van der Waals surface area contributed by atoms with E-state index in [0.29, 0.717) is 24.3 Å². The predicted molar refractivity (Wildman–Crippen MR) is 71.7 cm³/mol. The first-order valence-corrected chi connectivity index (χ1v) is 7.78. The normalized spacial score (nSPS) is 13.0. The van der Waals surface area contributed by atoms with Gasteiger partial charge in [-0.2, -0.15) is 26.3 Å². The second-order valence-corrected chi connectivity index (χ2v) is 6.75. The first-order chi connectivity index (χ1) is 11.2. The van der Waals surface area contributed by atoms with E-state index in [-0.39, 0.29) is 12.1 Å². The number of benzene rings is 2. The van der Waals surface area contributed by atoms with Gasteiger partial charge in [0.25, 0.3) is 0 Å². The number of hydrogen-bond acceptors (Lipinski definition) is 4. The van der Waals surface area contributed by atoms with Gasteiger partial charge in [0, 0.05) is 0 Å². The Morgan fingerprint density at radius 3 is 1.28 bits per heavy atom. The molecule has 2 aromatic rings. The van der Waals surface area contributed by atoms with E-state index in [1.165, 1.54) is 0 Å². The molecule has 0 amide bonds. The molecule has 0 aliphatic heterocycles. The summed E-state index contributed by atoms with van der Waals surface area (Å²) in [5, 5.41) is 18.3. The topological polar surface area (TPSA) is 74.6 Å². The molecule has 0 aromatic heterocycles. The molecule has 0 bridgehead atoms. The van der Waals surface area contributed by atoms with Crippen molar-refractivity contribution in [3.8, 4) is 11.5 Å². The fourth-order valence-corrected chi connectivity index (χ4v) is 3.73. The lowest BCUT2D eigenvalue weighted by Gasteiger charge is -2.17. The number of halogens is 6. The van der Waals surface area contributed by atoms with E-state index < -0.39 is 54.6 Å². The Morgan fingerprint density at radius 1 is 0.680 bits per heavy atom. The van der Waals surface area contributed by atoms with Crippen molar-refractivity contribution in [2.75, 3.05) is 0 Å². The average molecular weight is 386 g/mol. The van der Waals surface area contributed by atoms with Gasteiger partial charge in [-0.25, -0.2) is 8.42 Å². The fourth-order valence-electron chi connectivity index (χ4n) is 2.07. The summed E-state index contributed by atoms with van der Waals surface area (Å²) in [5.41, 5.74) is -3.62. The molecule has 0 spiro atoms. The molecule has 0 atom stereocenters. The highest BCUT2D eigenvalue weighted by molar-refractivity contribution is 7.91. The zero-order chi connectivity index (χ0) is 19.2. The largest absolute Gasteiger partial charge is 0.508 e. The molecule has 136 valence electrons. The molecule has 11 heteroatoms. The maximum absolute atomic E-state index is 13.0. The van der Waals surface area contributed by atoms with Crippen molar-refractivity contribution in [2.45, 2.75) is 22.1 Å². The molecule has 0 fully saturated rings. The third kappa shape index (κ3) is 3.65. The first-order valence-electron chi connectivity index (χ1n) is 6.30. The molecular formula is C14H8F6O4S. The summed E-state index contributed by atoms with van der Waals surface area (Å²) in [6.07, 6.45) is -10.5. The molecule has 0 aliphatic rings. The molecule has 0 unspecified atom stereocenters. The van der Waals surface area contributed by atoms with Gasteiger partial charge >= 0.3 is 12.4 Å². The summed E-state index contributed by atoms with van der Waals surface area (Å²) >= 11 is 0. The van der Waals surface area contributed by atoms with E-state index in [4.69, 9.17) is 10.2 Å². The third-order valence-corrected chi connectivity index (χ3v) is 4.99. The standard InChI is InChI=1S/C14H8F6O4S/c15-13(16,17)9-5-7(21)1-3-11(9)25(23,24)12-4-2-8(22)6-10(12)14(18,19)20/h1-6,21-22H. The lowest BCUT2D eigenvalue weighted by molar-refractivity contribution is -0.140. The summed E-state index contributed by atoms with van der Waals surface area (Å²) in [6, 6.07) is 2.13. The smallest absolute Gasteiger partial charge is 0.417 e. The summed E-state index contributed by atoms with van der Waals surface area (Å²) < 4.78 is 103. The van der Waals surface area contributed by atoms with Crippen LogP contribution < -0.4 is 0 Å². The number of alkyl halides is 6. The first kappa shape index (κ1) is 18.9. The van der Waals surface area contributed by atoms with Crippen molar-refractivity contribution in [3.05, 3.63) is 47.5 Å². The minimum Gasteiger partial charge on any atom is -0.508 e. The molecule has 2 rings (SSSR count). The van der Waals surface area contributed by atoms with Crippen LogP contribution in [0.3, 0.4) is 0 Å². The molecule has 0 radical (unpaired) electrons. The molecule has 0 saturated carbocycles. The van der Waals surface area contributed by atoms with Gasteiger partial charge in [0.2, 0.25) is 9.84 Å². The van der Waals surface area contributed by atoms with Gasteiger partial charge in [-0.15, -0.1) is 0 Å². The van der Waals surface area contributed by atoms with Crippen LogP contribution in [0.2, 0.25) is 0 Å². The molecule has 0 heterocycles. The summed E-state index contributed by atoms with van der Waals surface area (Å²) in [6.45, 7) is 0. The Bertz CT molecular complexity index is 846. The fraction of sp³-hybridized carbons (Fsp3) is 0.143. The van der Waals surface area contributed by atoms with Gasteiger partial charge < -0.3 is 10.2 Å². The Hall–Kier alpha value is -2.43. The quantitative estimate of drug-likeness (QED) is 0.766. The molecule has 0 saturated heterocycles. The second-order valence-electron chi connectivity index (χ2n) is 4.86. The van der Waals surface area contributed by atoms with Gasteiger partial charge in [-0.3, -0.25) is 0 Å². The van der Waals surface area contributed by atoms with E-state index in [2.05, 4.69) is 0 Å². The lowest BCUT2D eigenvalue weighted by Crippen LogP contribution is -2.17. The zero-order valence-electron chi connectivity index (χ0n) is 11.9. The van der Waals surface area contributed by atoms with Crippen molar-refractivity contribution < 1.29 is 45.0 Å². The average Bonchev–Trinajstić information content (AvgIpc) is 2.44. The number of sulfone groups is 1. The number of rotatable bonds is 2. The molecule has 2 aromatic carbocycles. The van der Waals surface area contributed by atoms with E-state index in [0.717, 1.165) is 0 Å². The van der Waals surface area contributed by atoms with Gasteiger partial charge in [-0.1, -0.05) is 0 Å². The molecule has 2 N–H and O–H groups in total. The summed E-state index contributed by atoms with van der Waals surface area (Å²) in [4.78, 5) is -2.90. The predicted octanol–water partition coefficient (Wildman–Crippen LogP) is 3.97. The summed E-state index contributed by atoms with van der Waals surface area (Å²) in [5.74, 6) is -1.82. The van der Waals surface area contributed by atoms with Crippen molar-refractivity contribution in [1.29, 1.82) is 0 Å². The van der Waals surface area contributed by atoms with E-state index in [9.17, 15) is 34.8 Å². The molecule has 0 aliphatic carbocycles. The highest BCUT2D eigenvalue weighted by atomic mass is 32.2. The minimum absolute atomic E-state index is 0.0978. The number of aromatic hydroxyl groups is 2. The van der Waals surface area contributed by atoms with Gasteiger partial charge in [0.15, 0.2) is 0 Å². The van der Waals surface area contributed by atoms with E-state index in [1.807, 2.05) is 0 Å². The summed E-state index contributed by atoms with van der Waals surface area (Å²) in [7, 11) is -5.26. The molecule has 4 nitrogen and oxygen atoms in total. The number of phenolic OH excluding ortho intramolecular Hbond substituents is 2. The van der Waals surface area contributed by atoms with Crippen LogP contribution in [-0.2, 0) is 22.2 Å². The Kier molecular flexibility index (Phi) is 4.41. The Balaban J connectivity index is 2.83. The molecular weight excluding hydrogens is 378 g/mol. The van der Waals surface area contributed by atoms with Crippen LogP contribution in [0.15, 0.2) is 46.2 Å².